The van der Waals surface area contributed by atoms with Crippen LogP contribution in [-0.4, -0.2) is 22.3 Å². The molecule has 1 aromatic heterocycles. The number of carbonyl (C=O) groups excluding carboxylic acids is 1. The van der Waals surface area contributed by atoms with Crippen molar-refractivity contribution in [3.05, 3.63) is 44.9 Å². The topological polar surface area (TPSA) is 45.2 Å². The summed E-state index contributed by atoms with van der Waals surface area (Å²) in [7, 11) is 0. The fourth-order valence-electron chi connectivity index (χ4n) is 3.16. The summed E-state index contributed by atoms with van der Waals surface area (Å²) in [6.45, 7) is 2.89. The van der Waals surface area contributed by atoms with Crippen molar-refractivity contribution in [2.45, 2.75) is 38.8 Å². The minimum Gasteiger partial charge on any atom is -0.302 e. The molecule has 1 aliphatic heterocycles. The predicted molar refractivity (Wildman–Crippen MR) is 100 cm³/mol. The Morgan fingerprint density at radius 2 is 2.12 bits per heavy atom. The summed E-state index contributed by atoms with van der Waals surface area (Å²) in [5, 5.41) is 3.80. The zero-order valence-electron chi connectivity index (χ0n) is 13.4. The highest BCUT2D eigenvalue weighted by atomic mass is 79.9. The van der Waals surface area contributed by atoms with Crippen LogP contribution in [0.15, 0.2) is 28.7 Å². The molecule has 126 valence electrons. The zero-order chi connectivity index (χ0) is 16.5. The minimum atomic E-state index is 0.152. The average molecular weight is 406 g/mol. The number of rotatable bonds is 4. The molecule has 4 rings (SSSR count). The highest BCUT2D eigenvalue weighted by Gasteiger charge is 2.27. The van der Waals surface area contributed by atoms with Gasteiger partial charge in [0.2, 0.25) is 5.91 Å². The molecule has 4 nitrogen and oxygen atoms in total. The first-order valence-corrected chi connectivity index (χ1v) is 10.0. The fourth-order valence-corrected chi connectivity index (χ4v) is 4.48. The Hall–Kier alpha value is -1.24. The second-order valence-electron chi connectivity index (χ2n) is 6.59. The van der Waals surface area contributed by atoms with Gasteiger partial charge in [0.05, 0.1) is 5.69 Å². The van der Waals surface area contributed by atoms with Crippen molar-refractivity contribution in [1.29, 1.82) is 0 Å². The Morgan fingerprint density at radius 1 is 1.33 bits per heavy atom. The summed E-state index contributed by atoms with van der Waals surface area (Å²) >= 11 is 5.12. The van der Waals surface area contributed by atoms with Crippen molar-refractivity contribution in [3.8, 4) is 0 Å². The standard InChI is InChI=1S/C18H20BrN3OS/c19-14-6-4-12(5-7-14)10-22-9-8-15-16(11-22)24-18(20-15)21-17(23)13-2-1-3-13/h4-7,13H,1-3,8-11H2,(H,20,21,23). The van der Waals surface area contributed by atoms with Crippen LogP contribution in [0.3, 0.4) is 0 Å². The van der Waals surface area contributed by atoms with E-state index in [-0.39, 0.29) is 11.8 Å². The highest BCUT2D eigenvalue weighted by molar-refractivity contribution is 9.10. The average Bonchev–Trinajstić information content (AvgIpc) is 2.89. The molecule has 1 aliphatic carbocycles. The van der Waals surface area contributed by atoms with Gasteiger partial charge in [-0.25, -0.2) is 4.98 Å². The lowest BCUT2D eigenvalue weighted by Crippen LogP contribution is -2.29. The van der Waals surface area contributed by atoms with Gasteiger partial charge in [0.15, 0.2) is 5.13 Å². The third-order valence-electron chi connectivity index (χ3n) is 4.84. The summed E-state index contributed by atoms with van der Waals surface area (Å²) in [5.74, 6) is 0.360. The largest absolute Gasteiger partial charge is 0.302 e. The van der Waals surface area contributed by atoms with Crippen LogP contribution in [0.4, 0.5) is 5.13 Å². The van der Waals surface area contributed by atoms with E-state index in [1.807, 2.05) is 0 Å². The van der Waals surface area contributed by atoms with Crippen LogP contribution in [0.25, 0.3) is 0 Å². The molecule has 1 N–H and O–H groups in total. The number of hydrogen-bond acceptors (Lipinski definition) is 4. The molecule has 24 heavy (non-hydrogen) atoms. The maximum Gasteiger partial charge on any atom is 0.229 e. The lowest BCUT2D eigenvalue weighted by atomic mass is 9.85. The fraction of sp³-hybridized carbons (Fsp3) is 0.444. The zero-order valence-corrected chi connectivity index (χ0v) is 15.8. The number of thiazole rings is 1. The van der Waals surface area contributed by atoms with Gasteiger partial charge in [-0.3, -0.25) is 9.69 Å². The van der Waals surface area contributed by atoms with Crippen molar-refractivity contribution >= 4 is 38.3 Å². The number of amides is 1. The van der Waals surface area contributed by atoms with Crippen molar-refractivity contribution < 1.29 is 4.79 Å². The number of anilines is 1. The van der Waals surface area contributed by atoms with E-state index in [4.69, 9.17) is 0 Å². The van der Waals surface area contributed by atoms with Crippen LogP contribution in [0.2, 0.25) is 0 Å². The monoisotopic (exact) mass is 405 g/mol. The van der Waals surface area contributed by atoms with Crippen LogP contribution >= 0.6 is 27.3 Å². The first-order valence-electron chi connectivity index (χ1n) is 8.43. The maximum atomic E-state index is 12.1. The van der Waals surface area contributed by atoms with Crippen molar-refractivity contribution in [3.63, 3.8) is 0 Å². The molecule has 1 amide bonds. The molecule has 2 aromatic rings. The van der Waals surface area contributed by atoms with Gasteiger partial charge in [-0.15, -0.1) is 11.3 Å². The third-order valence-corrected chi connectivity index (χ3v) is 6.36. The van der Waals surface area contributed by atoms with E-state index in [1.54, 1.807) is 11.3 Å². The van der Waals surface area contributed by atoms with E-state index in [2.05, 4.69) is 55.4 Å². The summed E-state index contributed by atoms with van der Waals surface area (Å²) < 4.78 is 1.11. The summed E-state index contributed by atoms with van der Waals surface area (Å²) in [6, 6.07) is 8.50. The summed E-state index contributed by atoms with van der Waals surface area (Å²) in [6.07, 6.45) is 4.19. The number of benzene rings is 1. The van der Waals surface area contributed by atoms with Gasteiger partial charge >= 0.3 is 0 Å². The number of nitrogens with zero attached hydrogens (tertiary/aromatic N) is 2. The second kappa shape index (κ2) is 6.94. The molecule has 2 heterocycles. The number of fused-ring (bicyclic) bond motifs is 1. The lowest BCUT2D eigenvalue weighted by Gasteiger charge is -2.25. The van der Waals surface area contributed by atoms with Crippen LogP contribution in [0, 0.1) is 5.92 Å². The predicted octanol–water partition coefficient (Wildman–Crippen LogP) is 4.20. The molecule has 1 aromatic carbocycles. The van der Waals surface area contributed by atoms with Crippen molar-refractivity contribution in [2.75, 3.05) is 11.9 Å². The molecule has 0 unspecified atom stereocenters. The SMILES string of the molecule is O=C(Nc1nc2c(s1)CN(Cc1ccc(Br)cc1)CC2)C1CCC1. The Kier molecular flexibility index (Phi) is 4.70. The molecule has 2 aliphatic rings. The lowest BCUT2D eigenvalue weighted by molar-refractivity contribution is -0.122. The number of halogens is 1. The van der Waals surface area contributed by atoms with Gasteiger partial charge in [-0.2, -0.15) is 0 Å². The first-order chi connectivity index (χ1) is 11.7. The molecule has 0 atom stereocenters. The molecule has 0 bridgehead atoms. The molecule has 0 saturated heterocycles. The Balaban J connectivity index is 1.39. The maximum absolute atomic E-state index is 12.1. The summed E-state index contributed by atoms with van der Waals surface area (Å²) in [5.41, 5.74) is 2.49. The molecule has 0 spiro atoms. The van der Waals surface area contributed by atoms with Gasteiger partial charge in [0.25, 0.3) is 0 Å². The van der Waals surface area contributed by atoms with Crippen LogP contribution in [0.1, 0.15) is 35.4 Å². The van der Waals surface area contributed by atoms with Crippen molar-refractivity contribution in [1.82, 2.24) is 9.88 Å². The quantitative estimate of drug-likeness (QED) is 0.828. The van der Waals surface area contributed by atoms with Crippen LogP contribution in [-0.2, 0) is 24.3 Å². The minimum absolute atomic E-state index is 0.152. The molecular formula is C18H20BrN3OS. The van der Waals surface area contributed by atoms with E-state index in [0.29, 0.717) is 0 Å². The first kappa shape index (κ1) is 16.2. The Bertz CT molecular complexity index is 739. The Morgan fingerprint density at radius 3 is 2.83 bits per heavy atom. The van der Waals surface area contributed by atoms with Crippen LogP contribution in [0.5, 0.6) is 0 Å². The highest BCUT2D eigenvalue weighted by Crippen LogP contribution is 2.31. The van der Waals surface area contributed by atoms with E-state index < -0.39 is 0 Å². The van der Waals surface area contributed by atoms with E-state index >= 15 is 0 Å². The van der Waals surface area contributed by atoms with Gasteiger partial charge in [0.1, 0.15) is 0 Å². The van der Waals surface area contributed by atoms with Gasteiger partial charge < -0.3 is 5.32 Å². The number of aromatic nitrogens is 1. The second-order valence-corrected chi connectivity index (χ2v) is 8.59. The summed E-state index contributed by atoms with van der Waals surface area (Å²) in [4.78, 5) is 20.5. The molecule has 6 heteroatoms. The van der Waals surface area contributed by atoms with Crippen LogP contribution < -0.4 is 5.32 Å². The number of hydrogen-bond donors (Lipinski definition) is 1. The molecule has 1 saturated carbocycles. The van der Waals surface area contributed by atoms with Gasteiger partial charge in [-0.05, 0) is 30.5 Å². The molecular weight excluding hydrogens is 386 g/mol. The normalized spacial score (nSPS) is 18.0. The molecule has 1 fully saturated rings. The van der Waals surface area contributed by atoms with Gasteiger partial charge in [-0.1, -0.05) is 34.5 Å². The smallest absolute Gasteiger partial charge is 0.229 e. The van der Waals surface area contributed by atoms with E-state index in [9.17, 15) is 4.79 Å². The number of carbonyl (C=O) groups is 1. The van der Waals surface area contributed by atoms with E-state index in [1.165, 1.54) is 16.9 Å². The molecule has 0 radical (unpaired) electrons. The van der Waals surface area contributed by atoms with E-state index in [0.717, 1.165) is 54.2 Å². The number of nitrogens with one attached hydrogen (secondary N) is 1. The van der Waals surface area contributed by atoms with Gasteiger partial charge in [0, 0.05) is 41.3 Å². The Labute approximate surface area is 154 Å². The third kappa shape index (κ3) is 3.55. The van der Waals surface area contributed by atoms with Crippen molar-refractivity contribution in [2.24, 2.45) is 5.92 Å².